The molecule has 0 atom stereocenters. The van der Waals surface area contributed by atoms with Gasteiger partial charge >= 0.3 is 5.97 Å². The van der Waals surface area contributed by atoms with Crippen molar-refractivity contribution >= 4 is 85.6 Å². The molecule has 1 aromatic rings. The molecule has 0 amide bonds. The van der Waals surface area contributed by atoms with Gasteiger partial charge in [-0.1, -0.05) is 6.58 Å². The SMILES string of the molecule is C=C(Cc1c(Br)c(Br)c(Br)c(Br)c1Br)C(=O)O. The molecule has 0 saturated heterocycles. The minimum atomic E-state index is -1.00. The Labute approximate surface area is 140 Å². The highest BCUT2D eigenvalue weighted by atomic mass is 79.9. The summed E-state index contributed by atoms with van der Waals surface area (Å²) in [6, 6.07) is 0. The Morgan fingerprint density at radius 2 is 1.29 bits per heavy atom. The first-order valence-electron chi connectivity index (χ1n) is 4.18. The normalized spacial score (nSPS) is 10.4. The third-order valence-electron chi connectivity index (χ3n) is 1.99. The summed E-state index contributed by atoms with van der Waals surface area (Å²) in [6.45, 7) is 3.53. The van der Waals surface area contributed by atoms with Crippen LogP contribution >= 0.6 is 79.6 Å². The highest BCUT2D eigenvalue weighted by Gasteiger charge is 2.19. The molecule has 0 aliphatic heterocycles. The zero-order valence-electron chi connectivity index (χ0n) is 8.16. The lowest BCUT2D eigenvalue weighted by Crippen LogP contribution is -2.04. The van der Waals surface area contributed by atoms with E-state index < -0.39 is 5.97 Å². The van der Waals surface area contributed by atoms with Crippen LogP contribution in [-0.4, -0.2) is 11.1 Å². The van der Waals surface area contributed by atoms with Gasteiger partial charge in [0.05, 0.1) is 0 Å². The van der Waals surface area contributed by atoms with Crippen LogP contribution in [0.1, 0.15) is 5.56 Å². The Balaban J connectivity index is 3.35. The van der Waals surface area contributed by atoms with Gasteiger partial charge in [-0.05, 0) is 85.2 Å². The second kappa shape index (κ2) is 6.32. The highest BCUT2D eigenvalue weighted by Crippen LogP contribution is 2.45. The van der Waals surface area contributed by atoms with Gasteiger partial charge in [0.25, 0.3) is 0 Å². The molecule has 0 spiro atoms. The maximum Gasteiger partial charge on any atom is 0.331 e. The van der Waals surface area contributed by atoms with Crippen LogP contribution in [0.5, 0.6) is 0 Å². The maximum atomic E-state index is 10.8. The van der Waals surface area contributed by atoms with Gasteiger partial charge in [0, 0.05) is 34.4 Å². The second-order valence-electron chi connectivity index (χ2n) is 3.13. The van der Waals surface area contributed by atoms with E-state index in [0.29, 0.717) is 0 Å². The van der Waals surface area contributed by atoms with E-state index >= 15 is 0 Å². The van der Waals surface area contributed by atoms with Crippen molar-refractivity contribution in [2.45, 2.75) is 6.42 Å². The summed E-state index contributed by atoms with van der Waals surface area (Å²) in [6.07, 6.45) is 0.251. The van der Waals surface area contributed by atoms with Gasteiger partial charge in [-0.25, -0.2) is 4.79 Å². The number of rotatable bonds is 3. The molecular formula is C10H5Br5O2. The monoisotopic (exact) mass is 552 g/mol. The van der Waals surface area contributed by atoms with Gasteiger partial charge in [0.1, 0.15) is 0 Å². The topological polar surface area (TPSA) is 37.3 Å². The standard InChI is InChI=1S/C10H5Br5O2/c1-3(10(16)17)2-4-5(11)7(13)9(15)8(14)6(4)12/h1-2H2,(H,16,17). The van der Waals surface area contributed by atoms with Crippen molar-refractivity contribution in [2.75, 3.05) is 0 Å². The summed E-state index contributed by atoms with van der Waals surface area (Å²) >= 11 is 17.1. The number of carboxylic acid groups (broad SMARTS) is 1. The molecule has 0 bridgehead atoms. The van der Waals surface area contributed by atoms with Gasteiger partial charge in [-0.15, -0.1) is 0 Å². The molecule has 0 heterocycles. The first-order chi connectivity index (χ1) is 7.77. The lowest BCUT2D eigenvalue weighted by atomic mass is 10.1. The Morgan fingerprint density at radius 1 is 0.941 bits per heavy atom. The molecule has 0 fully saturated rings. The van der Waals surface area contributed by atoms with E-state index in [-0.39, 0.29) is 12.0 Å². The number of carbonyl (C=O) groups is 1. The van der Waals surface area contributed by atoms with Crippen LogP contribution in [0.25, 0.3) is 0 Å². The molecule has 7 heteroatoms. The maximum absolute atomic E-state index is 10.8. The molecule has 0 saturated carbocycles. The van der Waals surface area contributed by atoms with Gasteiger partial charge in [-0.3, -0.25) is 0 Å². The van der Waals surface area contributed by atoms with Crippen LogP contribution < -0.4 is 0 Å². The summed E-state index contributed by atoms with van der Waals surface area (Å²) in [4.78, 5) is 10.8. The van der Waals surface area contributed by atoms with Crippen LogP contribution in [0.2, 0.25) is 0 Å². The van der Waals surface area contributed by atoms with Crippen LogP contribution in [0.4, 0.5) is 0 Å². The Morgan fingerprint density at radius 3 is 1.65 bits per heavy atom. The van der Waals surface area contributed by atoms with Crippen LogP contribution in [0.15, 0.2) is 34.5 Å². The Kier molecular flexibility index (Phi) is 5.91. The minimum Gasteiger partial charge on any atom is -0.478 e. The number of hydrogen-bond acceptors (Lipinski definition) is 1. The fourth-order valence-electron chi connectivity index (χ4n) is 1.09. The average Bonchev–Trinajstić information content (AvgIpc) is 2.29. The lowest BCUT2D eigenvalue weighted by molar-refractivity contribution is -0.132. The van der Waals surface area contributed by atoms with Gasteiger partial charge in [0.15, 0.2) is 0 Å². The number of hydrogen-bond donors (Lipinski definition) is 1. The number of benzene rings is 1. The van der Waals surface area contributed by atoms with E-state index in [1.165, 1.54) is 0 Å². The van der Waals surface area contributed by atoms with Crippen molar-refractivity contribution in [1.29, 1.82) is 0 Å². The molecule has 0 aliphatic carbocycles. The smallest absolute Gasteiger partial charge is 0.331 e. The van der Waals surface area contributed by atoms with Crippen molar-refractivity contribution in [3.63, 3.8) is 0 Å². The quantitative estimate of drug-likeness (QED) is 0.296. The van der Waals surface area contributed by atoms with E-state index in [4.69, 9.17) is 5.11 Å². The number of carboxylic acids is 1. The molecule has 1 N–H and O–H groups in total. The van der Waals surface area contributed by atoms with Gasteiger partial charge in [0.2, 0.25) is 0 Å². The molecule has 1 rings (SSSR count). The molecule has 1 aromatic carbocycles. The summed E-state index contributed by atoms with van der Waals surface area (Å²) in [5.41, 5.74) is 0.951. The van der Waals surface area contributed by atoms with Crippen molar-refractivity contribution in [3.05, 3.63) is 40.1 Å². The van der Waals surface area contributed by atoms with E-state index in [0.717, 1.165) is 27.9 Å². The number of aliphatic carboxylic acids is 1. The lowest BCUT2D eigenvalue weighted by Gasteiger charge is -2.13. The first-order valence-corrected chi connectivity index (χ1v) is 8.15. The van der Waals surface area contributed by atoms with Crippen molar-refractivity contribution < 1.29 is 9.90 Å². The molecule has 0 unspecified atom stereocenters. The minimum absolute atomic E-state index is 0.132. The first kappa shape index (κ1) is 15.9. The van der Waals surface area contributed by atoms with Gasteiger partial charge in [-0.2, -0.15) is 0 Å². The fraction of sp³-hybridized carbons (Fsp3) is 0.100. The van der Waals surface area contributed by atoms with Crippen molar-refractivity contribution in [2.24, 2.45) is 0 Å². The van der Waals surface area contributed by atoms with E-state index in [1.54, 1.807) is 0 Å². The highest BCUT2D eigenvalue weighted by molar-refractivity contribution is 9.15. The summed E-state index contributed by atoms with van der Waals surface area (Å²) in [5.74, 6) is -1.00. The Hall–Kier alpha value is 0.830. The molecular weight excluding hydrogens is 552 g/mol. The summed E-state index contributed by atoms with van der Waals surface area (Å²) in [5, 5.41) is 8.86. The predicted molar refractivity (Wildman–Crippen MR) is 85.4 cm³/mol. The van der Waals surface area contributed by atoms with Crippen molar-refractivity contribution in [3.8, 4) is 0 Å². The predicted octanol–water partition coefficient (Wildman–Crippen LogP) is 5.68. The zero-order chi connectivity index (χ0) is 13.3. The Bertz CT molecular complexity index is 481. The molecule has 17 heavy (non-hydrogen) atoms. The van der Waals surface area contributed by atoms with Crippen molar-refractivity contribution in [1.82, 2.24) is 0 Å². The molecule has 0 radical (unpaired) electrons. The summed E-state index contributed by atoms with van der Waals surface area (Å²) in [7, 11) is 0. The zero-order valence-corrected chi connectivity index (χ0v) is 16.1. The third-order valence-corrected chi connectivity index (χ3v) is 8.25. The van der Waals surface area contributed by atoms with Crippen LogP contribution in [0, 0.1) is 0 Å². The fourth-order valence-corrected chi connectivity index (χ4v) is 4.50. The van der Waals surface area contributed by atoms with E-state index in [9.17, 15) is 4.79 Å². The molecule has 92 valence electrons. The largest absolute Gasteiger partial charge is 0.478 e. The van der Waals surface area contributed by atoms with Crippen LogP contribution in [0.3, 0.4) is 0 Å². The molecule has 0 aromatic heterocycles. The summed E-state index contributed by atoms with van der Waals surface area (Å²) < 4.78 is 4.08. The van der Waals surface area contributed by atoms with E-state index in [2.05, 4.69) is 86.2 Å². The molecule has 2 nitrogen and oxygen atoms in total. The van der Waals surface area contributed by atoms with E-state index in [1.807, 2.05) is 0 Å². The van der Waals surface area contributed by atoms with Crippen LogP contribution in [-0.2, 0) is 11.2 Å². The second-order valence-corrected chi connectivity index (χ2v) is 7.10. The third kappa shape index (κ3) is 3.43. The average molecular weight is 557 g/mol. The molecule has 0 aliphatic rings. The van der Waals surface area contributed by atoms with Gasteiger partial charge < -0.3 is 5.11 Å². The number of halogens is 5.